The first-order chi connectivity index (χ1) is 8.77. The second-order valence-corrected chi connectivity index (χ2v) is 8.91. The van der Waals surface area contributed by atoms with E-state index in [1.807, 2.05) is 48.8 Å². The monoisotopic (exact) mass is 276 g/mol. The van der Waals surface area contributed by atoms with Gasteiger partial charge < -0.3 is 0 Å². The predicted octanol–water partition coefficient (Wildman–Crippen LogP) is 2.71. The largest absolute Gasteiger partial charge is 0.255 e. The van der Waals surface area contributed by atoms with Gasteiger partial charge in [0, 0.05) is 18.4 Å². The van der Waals surface area contributed by atoms with Crippen molar-refractivity contribution in [2.75, 3.05) is 6.16 Å². The van der Waals surface area contributed by atoms with E-state index >= 15 is 0 Å². The van der Waals surface area contributed by atoms with E-state index in [0.29, 0.717) is 0 Å². The minimum Gasteiger partial charge on any atom is -0.255 e. The summed E-state index contributed by atoms with van der Waals surface area (Å²) in [6.45, 7) is 2.19. The van der Waals surface area contributed by atoms with Gasteiger partial charge in [0.15, 0.2) is 0 Å². The molecule has 0 amide bonds. The Morgan fingerprint density at radius 1 is 1.00 bits per heavy atom. The summed E-state index contributed by atoms with van der Waals surface area (Å²) in [7, 11) is 0. The summed E-state index contributed by atoms with van der Waals surface area (Å²) in [5, 5.41) is 0. The lowest BCUT2D eigenvalue weighted by Gasteiger charge is -2.20. The molecule has 0 fully saturated rings. The van der Waals surface area contributed by atoms with Gasteiger partial charge in [-0.15, -0.1) is 0 Å². The van der Waals surface area contributed by atoms with Crippen molar-refractivity contribution in [3.05, 3.63) is 48.8 Å². The van der Waals surface area contributed by atoms with Crippen molar-refractivity contribution in [1.29, 1.82) is 0 Å². The Morgan fingerprint density at radius 3 is 1.94 bits per heavy atom. The van der Waals surface area contributed by atoms with Crippen LogP contribution in [0.25, 0.3) is 0 Å². The van der Waals surface area contributed by atoms with Crippen LogP contribution >= 0.6 is 6.04 Å². The maximum absolute atomic E-state index is 5.99. The van der Waals surface area contributed by atoms with Crippen LogP contribution in [0.1, 0.15) is 19.8 Å². The molecule has 94 valence electrons. The van der Waals surface area contributed by atoms with Gasteiger partial charge in [0.25, 0.3) is 0 Å². The van der Waals surface area contributed by atoms with Crippen molar-refractivity contribution >= 4 is 28.7 Å². The normalized spacial score (nSPS) is 11.4. The Bertz CT molecular complexity index is 485. The molecule has 4 heteroatoms. The third-order valence-corrected chi connectivity index (χ3v) is 7.49. The molecule has 18 heavy (non-hydrogen) atoms. The van der Waals surface area contributed by atoms with E-state index in [1.54, 1.807) is 0 Å². The highest BCUT2D eigenvalue weighted by molar-refractivity contribution is 8.21. The average Bonchev–Trinajstić information content (AvgIpc) is 2.46. The van der Waals surface area contributed by atoms with Crippen LogP contribution < -0.4 is 10.9 Å². The zero-order chi connectivity index (χ0) is 12.8. The van der Waals surface area contributed by atoms with Gasteiger partial charge in [0.2, 0.25) is 0 Å². The highest BCUT2D eigenvalue weighted by atomic mass is 32.4. The van der Waals surface area contributed by atoms with Gasteiger partial charge in [0.1, 0.15) is 0 Å². The van der Waals surface area contributed by atoms with E-state index in [0.717, 1.165) is 29.9 Å². The van der Waals surface area contributed by atoms with Gasteiger partial charge in [-0.3, -0.25) is 9.97 Å². The fraction of sp³-hybridized carbons (Fsp3) is 0.286. The molecule has 0 bridgehead atoms. The van der Waals surface area contributed by atoms with E-state index < -0.39 is 6.04 Å². The minimum absolute atomic E-state index is 1.01. The lowest BCUT2D eigenvalue weighted by molar-refractivity contribution is 0.892. The summed E-state index contributed by atoms with van der Waals surface area (Å²) in [6, 6.07) is 10.2. The molecule has 2 heterocycles. The molecule has 0 N–H and O–H groups in total. The van der Waals surface area contributed by atoms with Crippen LogP contribution in [-0.2, 0) is 11.8 Å². The van der Waals surface area contributed by atoms with E-state index in [-0.39, 0.29) is 0 Å². The molecule has 2 aromatic rings. The van der Waals surface area contributed by atoms with E-state index in [9.17, 15) is 0 Å². The molecule has 0 aliphatic carbocycles. The summed E-state index contributed by atoms with van der Waals surface area (Å²) in [4.78, 5) is 8.97. The average molecular weight is 276 g/mol. The van der Waals surface area contributed by atoms with E-state index in [4.69, 9.17) is 11.8 Å². The highest BCUT2D eigenvalue weighted by Gasteiger charge is 2.23. The molecule has 0 saturated heterocycles. The molecule has 0 aliphatic rings. The fourth-order valence-electron chi connectivity index (χ4n) is 1.86. The lowest BCUT2D eigenvalue weighted by Crippen LogP contribution is -2.22. The predicted molar refractivity (Wildman–Crippen MR) is 81.8 cm³/mol. The molecule has 0 aliphatic heterocycles. The summed E-state index contributed by atoms with van der Waals surface area (Å²) in [5.41, 5.74) is 2.07. The van der Waals surface area contributed by atoms with Gasteiger partial charge in [-0.2, -0.15) is 0 Å². The maximum Gasteiger partial charge on any atom is 0.0787 e. The molecule has 0 spiro atoms. The number of unbranched alkanes of at least 4 members (excludes halogenated alkanes) is 1. The minimum atomic E-state index is -1.83. The summed E-state index contributed by atoms with van der Waals surface area (Å²) in [6.07, 6.45) is 6.94. The number of rotatable bonds is 5. The maximum atomic E-state index is 5.99. The second-order valence-electron chi connectivity index (χ2n) is 4.19. The Hall–Kier alpha value is -1.05. The molecule has 0 atom stereocenters. The van der Waals surface area contributed by atoms with Crippen LogP contribution in [0.5, 0.6) is 0 Å². The smallest absolute Gasteiger partial charge is 0.0787 e. The van der Waals surface area contributed by atoms with Crippen LogP contribution in [0.4, 0.5) is 0 Å². The molecule has 2 nitrogen and oxygen atoms in total. The number of hydrogen-bond acceptors (Lipinski definition) is 3. The SMILES string of the molecule is CCCCP(=S)(c1ccccn1)c1ccccn1. The van der Waals surface area contributed by atoms with Crippen LogP contribution in [0.15, 0.2) is 48.8 Å². The Labute approximate surface area is 114 Å². The van der Waals surface area contributed by atoms with Crippen LogP contribution in [-0.4, -0.2) is 16.1 Å². The number of pyridine rings is 2. The second kappa shape index (κ2) is 6.21. The highest BCUT2D eigenvalue weighted by Crippen LogP contribution is 2.42. The third kappa shape index (κ3) is 2.85. The molecule has 2 rings (SSSR count). The number of nitrogens with zero attached hydrogens (tertiary/aromatic N) is 2. The van der Waals surface area contributed by atoms with Gasteiger partial charge in [0.05, 0.1) is 10.9 Å². The zero-order valence-electron chi connectivity index (χ0n) is 10.5. The first-order valence-electron chi connectivity index (χ1n) is 6.19. The number of hydrogen-bond donors (Lipinski definition) is 0. The molecule has 0 radical (unpaired) electrons. The molecular formula is C14H17N2PS. The lowest BCUT2D eigenvalue weighted by atomic mass is 10.4. The topological polar surface area (TPSA) is 25.8 Å². The molecule has 0 aromatic carbocycles. The van der Waals surface area contributed by atoms with E-state index in [2.05, 4.69) is 16.9 Å². The zero-order valence-corrected chi connectivity index (χ0v) is 12.2. The fourth-order valence-corrected chi connectivity index (χ4v) is 5.51. The van der Waals surface area contributed by atoms with Crippen molar-refractivity contribution in [2.45, 2.75) is 19.8 Å². The Balaban J connectivity index is 2.45. The standard InChI is InChI=1S/C14H17N2PS/c1-2-3-12-17(18,13-8-4-6-10-15-13)14-9-5-7-11-16-14/h4-11H,2-3,12H2,1H3. The van der Waals surface area contributed by atoms with Gasteiger partial charge in [-0.25, -0.2) is 0 Å². The molecular weight excluding hydrogens is 259 g/mol. The van der Waals surface area contributed by atoms with E-state index in [1.165, 1.54) is 0 Å². The summed E-state index contributed by atoms with van der Waals surface area (Å²) >= 11 is 5.99. The van der Waals surface area contributed by atoms with Crippen molar-refractivity contribution in [2.24, 2.45) is 0 Å². The van der Waals surface area contributed by atoms with Crippen LogP contribution in [0, 0.1) is 0 Å². The van der Waals surface area contributed by atoms with Crippen LogP contribution in [0.2, 0.25) is 0 Å². The number of aromatic nitrogens is 2. The quantitative estimate of drug-likeness (QED) is 0.785. The van der Waals surface area contributed by atoms with Crippen molar-refractivity contribution in [3.63, 3.8) is 0 Å². The first-order valence-corrected chi connectivity index (χ1v) is 9.18. The Morgan fingerprint density at radius 2 is 1.56 bits per heavy atom. The van der Waals surface area contributed by atoms with Crippen molar-refractivity contribution < 1.29 is 0 Å². The third-order valence-electron chi connectivity index (χ3n) is 2.87. The van der Waals surface area contributed by atoms with Gasteiger partial charge >= 0.3 is 0 Å². The summed E-state index contributed by atoms with van der Waals surface area (Å²) in [5.74, 6) is 0. The van der Waals surface area contributed by atoms with Crippen molar-refractivity contribution in [3.8, 4) is 0 Å². The van der Waals surface area contributed by atoms with Gasteiger partial charge in [-0.05, 0) is 36.8 Å². The first kappa shape index (κ1) is 13.4. The summed E-state index contributed by atoms with van der Waals surface area (Å²) < 4.78 is 0. The molecule has 2 aromatic heterocycles. The van der Waals surface area contributed by atoms with Crippen LogP contribution in [0.3, 0.4) is 0 Å². The Kier molecular flexibility index (Phi) is 4.62. The molecule has 0 unspecified atom stereocenters. The van der Waals surface area contributed by atoms with Gasteiger partial charge in [-0.1, -0.05) is 37.3 Å². The molecule has 0 saturated carbocycles. The van der Waals surface area contributed by atoms with Crippen molar-refractivity contribution in [1.82, 2.24) is 9.97 Å².